The zero-order valence-corrected chi connectivity index (χ0v) is 35.9. The Bertz CT molecular complexity index is 2340. The van der Waals surface area contributed by atoms with Crippen molar-refractivity contribution >= 4 is 60.8 Å². The number of ether oxygens (including phenoxy) is 6. The monoisotopic (exact) mass is 882 g/mol. The van der Waals surface area contributed by atoms with E-state index in [1.54, 1.807) is 57.2 Å². The van der Waals surface area contributed by atoms with E-state index in [1.165, 1.54) is 50.6 Å². The minimum atomic E-state index is -3.50. The van der Waals surface area contributed by atoms with Gasteiger partial charge in [0.2, 0.25) is 0 Å². The van der Waals surface area contributed by atoms with Gasteiger partial charge in [0.1, 0.15) is 28.6 Å². The van der Waals surface area contributed by atoms with Crippen LogP contribution in [0.4, 0.5) is 0 Å². The van der Waals surface area contributed by atoms with Gasteiger partial charge in [0.25, 0.3) is 0 Å². The van der Waals surface area contributed by atoms with E-state index in [1.807, 2.05) is 0 Å². The fraction of sp³-hybridized carbons (Fsp3) is 0.325. The van der Waals surface area contributed by atoms with E-state index in [0.717, 1.165) is 12.5 Å². The van der Waals surface area contributed by atoms with Crippen molar-refractivity contribution in [3.05, 3.63) is 105 Å². The third-order valence-corrected chi connectivity index (χ3v) is 10.3. The number of phenols is 1. The van der Waals surface area contributed by atoms with Crippen LogP contribution in [0, 0.1) is 0 Å². The molecule has 4 aromatic rings. The van der Waals surface area contributed by atoms with Crippen LogP contribution in [0.15, 0.2) is 82.6 Å². The summed E-state index contributed by atoms with van der Waals surface area (Å²) >= 11 is 12.2. The smallest absolute Gasteiger partial charge is 0.344 e. The fourth-order valence-corrected chi connectivity index (χ4v) is 6.70. The van der Waals surface area contributed by atoms with Crippen molar-refractivity contribution in [2.45, 2.75) is 49.0 Å². The molecule has 0 saturated carbocycles. The third-order valence-electron chi connectivity index (χ3n) is 7.66. The van der Waals surface area contributed by atoms with Gasteiger partial charge in [0, 0.05) is 46.5 Å². The molecular weight excluding hydrogens is 839 g/mol. The second kappa shape index (κ2) is 20.6. The maximum absolute atomic E-state index is 12.1. The Labute approximate surface area is 347 Å². The highest BCUT2D eigenvalue weighted by atomic mass is 35.5. The molecule has 314 valence electrons. The average Bonchev–Trinajstić information content (AvgIpc) is 3.13. The highest BCUT2D eigenvalue weighted by Gasteiger charge is 2.20. The Morgan fingerprint density at radius 2 is 0.931 bits per heavy atom. The summed E-state index contributed by atoms with van der Waals surface area (Å²) < 4.78 is 78.6. The largest absolute Gasteiger partial charge is 0.508 e. The van der Waals surface area contributed by atoms with Gasteiger partial charge in [-0.3, -0.25) is 0 Å². The van der Waals surface area contributed by atoms with Crippen molar-refractivity contribution in [1.29, 1.82) is 0 Å². The minimum absolute atomic E-state index is 0.0497. The number of hydrogen-bond donors (Lipinski definition) is 1. The maximum Gasteiger partial charge on any atom is 0.344 e. The van der Waals surface area contributed by atoms with Gasteiger partial charge in [-0.1, -0.05) is 23.2 Å². The lowest BCUT2D eigenvalue weighted by Crippen LogP contribution is -2.27. The van der Waals surface area contributed by atoms with E-state index in [-0.39, 0.29) is 48.2 Å². The molecule has 0 unspecified atom stereocenters. The molecule has 4 aromatic carbocycles. The van der Waals surface area contributed by atoms with Crippen molar-refractivity contribution in [3.63, 3.8) is 0 Å². The van der Waals surface area contributed by atoms with Gasteiger partial charge in [0.15, 0.2) is 39.5 Å². The van der Waals surface area contributed by atoms with Crippen molar-refractivity contribution in [1.82, 2.24) is 0 Å². The summed E-state index contributed by atoms with van der Waals surface area (Å²) in [6.45, 7) is 4.28. The van der Waals surface area contributed by atoms with E-state index in [4.69, 9.17) is 42.1 Å². The van der Waals surface area contributed by atoms with Crippen LogP contribution in [0.2, 0.25) is 10.0 Å². The summed E-state index contributed by atoms with van der Waals surface area (Å²) in [4.78, 5) is 35.0. The zero-order chi connectivity index (χ0) is 43.4. The summed E-state index contributed by atoms with van der Waals surface area (Å²) in [5.41, 5.74) is 1.38. The molecule has 0 aliphatic carbocycles. The summed E-state index contributed by atoms with van der Waals surface area (Å²) in [6, 6.07) is 18.1. The first-order valence-corrected chi connectivity index (χ1v) is 21.7. The number of rotatable bonds is 15. The first-order chi connectivity index (χ1) is 27.0. The molecule has 1 N–H and O–H groups in total. The number of sulfone groups is 2. The fourth-order valence-electron chi connectivity index (χ4n) is 4.96. The van der Waals surface area contributed by atoms with Crippen LogP contribution < -0.4 is 14.2 Å². The van der Waals surface area contributed by atoms with E-state index in [2.05, 4.69) is 9.47 Å². The van der Waals surface area contributed by atoms with E-state index >= 15 is 0 Å². The topological polar surface area (TPSA) is 195 Å². The number of benzene rings is 4. The highest BCUT2D eigenvalue weighted by molar-refractivity contribution is 7.91. The van der Waals surface area contributed by atoms with Gasteiger partial charge in [-0.2, -0.15) is 0 Å². The molecule has 0 bridgehead atoms. The Hall–Kier alpha value is -5.03. The molecule has 0 aromatic heterocycles. The van der Waals surface area contributed by atoms with Gasteiger partial charge in [0.05, 0.1) is 24.0 Å². The van der Waals surface area contributed by atoms with Crippen LogP contribution in [-0.4, -0.2) is 92.0 Å². The van der Waals surface area contributed by atoms with Gasteiger partial charge < -0.3 is 33.5 Å². The second-order valence-corrected chi connectivity index (χ2v) is 18.5. The van der Waals surface area contributed by atoms with Crippen LogP contribution in [0.3, 0.4) is 0 Å². The highest BCUT2D eigenvalue weighted by Crippen LogP contribution is 2.32. The number of esters is 3. The molecule has 0 heterocycles. The minimum Gasteiger partial charge on any atom is -0.508 e. The first-order valence-electron chi connectivity index (χ1n) is 17.1. The lowest BCUT2D eigenvalue weighted by Gasteiger charge is -2.20. The molecular formula is C40H44Cl2O14S2. The molecule has 14 nitrogen and oxygen atoms in total. The van der Waals surface area contributed by atoms with Gasteiger partial charge in [-0.05, 0) is 105 Å². The van der Waals surface area contributed by atoms with Crippen molar-refractivity contribution in [3.8, 4) is 23.0 Å². The summed E-state index contributed by atoms with van der Waals surface area (Å²) in [6.07, 6.45) is 2.52. The summed E-state index contributed by atoms with van der Waals surface area (Å²) in [5, 5.41) is 10.9. The van der Waals surface area contributed by atoms with Crippen molar-refractivity contribution < 1.29 is 64.7 Å². The Morgan fingerprint density at radius 1 is 0.569 bits per heavy atom. The predicted octanol–water partition coefficient (Wildman–Crippen LogP) is 6.20. The Morgan fingerprint density at radius 3 is 1.34 bits per heavy atom. The quantitative estimate of drug-likeness (QED) is 0.105. The summed E-state index contributed by atoms with van der Waals surface area (Å²) in [5.74, 6) is -0.658. The van der Waals surface area contributed by atoms with E-state index in [0.29, 0.717) is 49.5 Å². The van der Waals surface area contributed by atoms with Crippen molar-refractivity contribution in [2.24, 2.45) is 0 Å². The molecule has 18 heteroatoms. The van der Waals surface area contributed by atoms with E-state index < -0.39 is 43.2 Å². The molecule has 0 radical (unpaired) electrons. The molecule has 0 spiro atoms. The molecule has 4 rings (SSSR count). The maximum atomic E-state index is 12.1. The number of carbonyl (C=O) groups excluding carboxylic acids is 3. The predicted molar refractivity (Wildman–Crippen MR) is 216 cm³/mol. The lowest BCUT2D eigenvalue weighted by molar-refractivity contribution is -0.157. The average molecular weight is 884 g/mol. The molecule has 0 aliphatic heterocycles. The normalized spacial score (nSPS) is 11.4. The Kier molecular flexibility index (Phi) is 16.8. The lowest BCUT2D eigenvalue weighted by atomic mass is 10.0. The van der Waals surface area contributed by atoms with Crippen LogP contribution in [0.25, 0.3) is 0 Å². The SMILES string of the molecule is COC(=O)COc1ccc(Cl)cc1Cc1cc(S(C)(=O)=O)ccc1O.COC(=O)COc1ccc(Cl)cc1Cc1cc(S(C)(=O)=O)ccc1OCC(=O)OC(C)(C)C. The number of carbonyl (C=O) groups is 3. The van der Waals surface area contributed by atoms with Crippen LogP contribution in [0.1, 0.15) is 43.0 Å². The molecule has 0 fully saturated rings. The number of hydrogen-bond acceptors (Lipinski definition) is 14. The number of methoxy groups -OCH3 is 2. The van der Waals surface area contributed by atoms with Crippen molar-refractivity contribution in [2.75, 3.05) is 46.6 Å². The Balaban J connectivity index is 0.000000322. The first kappa shape index (κ1) is 47.3. The zero-order valence-electron chi connectivity index (χ0n) is 32.8. The van der Waals surface area contributed by atoms with Crippen LogP contribution in [0.5, 0.6) is 23.0 Å². The molecule has 0 amide bonds. The van der Waals surface area contributed by atoms with Gasteiger partial charge in [-0.25, -0.2) is 31.2 Å². The third kappa shape index (κ3) is 15.4. The van der Waals surface area contributed by atoms with Gasteiger partial charge in [-0.15, -0.1) is 0 Å². The van der Waals surface area contributed by atoms with Crippen LogP contribution in [-0.2, 0) is 61.1 Å². The molecule has 0 aliphatic rings. The molecule has 0 saturated heterocycles. The molecule has 0 atom stereocenters. The number of aromatic hydroxyl groups is 1. The van der Waals surface area contributed by atoms with Gasteiger partial charge >= 0.3 is 17.9 Å². The summed E-state index contributed by atoms with van der Waals surface area (Å²) in [7, 11) is -4.40. The molecule has 58 heavy (non-hydrogen) atoms. The van der Waals surface area contributed by atoms with E-state index in [9.17, 15) is 36.3 Å². The second-order valence-electron chi connectivity index (χ2n) is 13.6. The number of halogens is 2. The number of phenolic OH excluding ortho intramolecular Hbond substituents is 1. The van der Waals surface area contributed by atoms with Crippen LogP contribution >= 0.6 is 23.2 Å². The standard InChI is InChI=1S/C23H27ClO8S.C17H17ClO6S/c1-23(2,3)32-22(26)14-31-20-9-7-18(33(5,27)28)12-16(20)10-15-11-17(24)6-8-19(15)30-13-21(25)29-4;1-23-17(20)10-24-16-6-3-13(18)8-12(16)7-11-9-14(25(2,21)22)4-5-15(11)19/h6-9,11-12H,10,13-14H2,1-5H3;3-6,8-9,19H,7,10H2,1-2H3.